The van der Waals surface area contributed by atoms with Crippen LogP contribution in [0.5, 0.6) is 0 Å². The van der Waals surface area contributed by atoms with Gasteiger partial charge in [-0.25, -0.2) is 4.68 Å². The van der Waals surface area contributed by atoms with Gasteiger partial charge >= 0.3 is 0 Å². The maximum atomic E-state index is 6.21. The molecule has 0 radical (unpaired) electrons. The number of hydrogen-bond donors (Lipinski definition) is 1. The van der Waals surface area contributed by atoms with E-state index in [1.165, 1.54) is 0 Å². The van der Waals surface area contributed by atoms with Crippen molar-refractivity contribution in [3.63, 3.8) is 0 Å². The van der Waals surface area contributed by atoms with Gasteiger partial charge in [0.25, 0.3) is 0 Å². The van der Waals surface area contributed by atoms with Gasteiger partial charge in [0.2, 0.25) is 0 Å². The summed E-state index contributed by atoms with van der Waals surface area (Å²) < 4.78 is 2.46. The molecular weight excluding hydrogens is 361 g/mol. The average molecular weight is 377 g/mol. The summed E-state index contributed by atoms with van der Waals surface area (Å²) in [4.78, 5) is 0. The van der Waals surface area contributed by atoms with E-state index in [4.69, 9.17) is 28.9 Å². The minimum Gasteiger partial charge on any atom is -0.383 e. The SMILES string of the molecule is CC(C)(C)Cc1nn(-c2ccc(Cl)cc2Cl)c(N)c1Br. The fourth-order valence-corrected chi connectivity index (χ4v) is 2.79. The molecule has 3 nitrogen and oxygen atoms in total. The van der Waals surface area contributed by atoms with E-state index in [-0.39, 0.29) is 5.41 Å². The average Bonchev–Trinajstić information content (AvgIpc) is 2.56. The molecule has 6 heteroatoms. The molecule has 1 aromatic carbocycles. The highest BCUT2D eigenvalue weighted by atomic mass is 79.9. The lowest BCUT2D eigenvalue weighted by molar-refractivity contribution is 0.404. The highest BCUT2D eigenvalue weighted by molar-refractivity contribution is 9.10. The Morgan fingerprint density at radius 1 is 1.30 bits per heavy atom. The van der Waals surface area contributed by atoms with Crippen molar-refractivity contribution in [2.24, 2.45) is 5.41 Å². The second-order valence-electron chi connectivity index (χ2n) is 5.89. The van der Waals surface area contributed by atoms with E-state index in [1.54, 1.807) is 22.9 Å². The maximum Gasteiger partial charge on any atom is 0.141 e. The number of nitrogens with two attached hydrogens (primary N) is 1. The van der Waals surface area contributed by atoms with Gasteiger partial charge in [-0.15, -0.1) is 0 Å². The molecule has 0 saturated heterocycles. The summed E-state index contributed by atoms with van der Waals surface area (Å²) in [5, 5.41) is 5.67. The fourth-order valence-electron chi connectivity index (χ4n) is 1.91. The number of hydrogen-bond acceptors (Lipinski definition) is 2. The van der Waals surface area contributed by atoms with Crippen LogP contribution in [-0.4, -0.2) is 9.78 Å². The molecule has 2 N–H and O–H groups in total. The van der Waals surface area contributed by atoms with Crippen molar-refractivity contribution in [3.8, 4) is 5.69 Å². The lowest BCUT2D eigenvalue weighted by Crippen LogP contribution is -2.10. The van der Waals surface area contributed by atoms with Crippen LogP contribution < -0.4 is 5.73 Å². The standard InChI is InChI=1S/C14H16BrCl2N3/c1-14(2,3)7-10-12(15)13(18)20(19-10)11-5-4-8(16)6-9(11)17/h4-6H,7,18H2,1-3H3. The fraction of sp³-hybridized carbons (Fsp3) is 0.357. The van der Waals surface area contributed by atoms with E-state index in [9.17, 15) is 0 Å². The highest BCUT2D eigenvalue weighted by Gasteiger charge is 2.21. The molecule has 1 heterocycles. The number of rotatable bonds is 2. The van der Waals surface area contributed by atoms with Crippen LogP contribution in [0.1, 0.15) is 26.5 Å². The summed E-state index contributed by atoms with van der Waals surface area (Å²) in [6.07, 6.45) is 0.815. The predicted molar refractivity (Wildman–Crippen MR) is 88.9 cm³/mol. The molecule has 0 bridgehead atoms. The van der Waals surface area contributed by atoms with Gasteiger partial charge in [-0.1, -0.05) is 44.0 Å². The normalized spacial score (nSPS) is 11.9. The smallest absolute Gasteiger partial charge is 0.141 e. The van der Waals surface area contributed by atoms with Crippen molar-refractivity contribution < 1.29 is 0 Å². The van der Waals surface area contributed by atoms with E-state index < -0.39 is 0 Å². The highest BCUT2D eigenvalue weighted by Crippen LogP contribution is 2.33. The summed E-state index contributed by atoms with van der Waals surface area (Å²) in [7, 11) is 0. The van der Waals surface area contributed by atoms with Gasteiger partial charge in [-0.05, 0) is 46.0 Å². The monoisotopic (exact) mass is 375 g/mol. The van der Waals surface area contributed by atoms with E-state index in [0.717, 1.165) is 22.3 Å². The first-order chi connectivity index (χ1) is 9.19. The van der Waals surface area contributed by atoms with E-state index in [2.05, 4.69) is 41.8 Å². The predicted octanol–water partition coefficient (Wildman–Crippen LogP) is 5.11. The molecule has 0 aliphatic carbocycles. The summed E-state index contributed by atoms with van der Waals surface area (Å²) in [5.74, 6) is 0.536. The van der Waals surface area contributed by atoms with Gasteiger partial charge in [0.15, 0.2) is 0 Å². The van der Waals surface area contributed by atoms with Crippen LogP contribution in [0.2, 0.25) is 10.0 Å². The molecule has 2 rings (SSSR count). The van der Waals surface area contributed by atoms with Crippen molar-refractivity contribution in [2.45, 2.75) is 27.2 Å². The number of nitrogen functional groups attached to an aromatic ring is 1. The first-order valence-electron chi connectivity index (χ1n) is 6.17. The molecule has 0 aliphatic heterocycles. The van der Waals surface area contributed by atoms with Gasteiger partial charge in [0.1, 0.15) is 5.82 Å². The van der Waals surface area contributed by atoms with E-state index in [0.29, 0.717) is 15.9 Å². The number of anilines is 1. The minimum atomic E-state index is 0.123. The van der Waals surface area contributed by atoms with Gasteiger partial charge in [0.05, 0.1) is 20.9 Å². The van der Waals surface area contributed by atoms with Crippen LogP contribution in [0.15, 0.2) is 22.7 Å². The van der Waals surface area contributed by atoms with Crippen molar-refractivity contribution in [2.75, 3.05) is 5.73 Å². The number of nitrogens with zero attached hydrogens (tertiary/aromatic N) is 2. The van der Waals surface area contributed by atoms with Gasteiger partial charge in [-0.2, -0.15) is 5.10 Å². The Bertz CT molecular complexity index is 645. The molecule has 108 valence electrons. The van der Waals surface area contributed by atoms with Crippen LogP contribution >= 0.6 is 39.1 Å². The molecular formula is C14H16BrCl2N3. The van der Waals surface area contributed by atoms with Crippen LogP contribution in [0, 0.1) is 5.41 Å². The topological polar surface area (TPSA) is 43.8 Å². The van der Waals surface area contributed by atoms with Crippen LogP contribution in [0.25, 0.3) is 5.69 Å². The van der Waals surface area contributed by atoms with Crippen molar-refractivity contribution in [1.82, 2.24) is 9.78 Å². The van der Waals surface area contributed by atoms with Crippen molar-refractivity contribution in [3.05, 3.63) is 38.4 Å². The molecule has 0 fully saturated rings. The summed E-state index contributed by atoms with van der Waals surface area (Å²) >= 11 is 15.6. The Hall–Kier alpha value is -0.710. The Morgan fingerprint density at radius 2 is 1.95 bits per heavy atom. The summed E-state index contributed by atoms with van der Waals surface area (Å²) in [6.45, 7) is 6.47. The molecule has 0 atom stereocenters. The maximum absolute atomic E-state index is 6.21. The lowest BCUT2D eigenvalue weighted by atomic mass is 9.91. The lowest BCUT2D eigenvalue weighted by Gasteiger charge is -2.16. The van der Waals surface area contributed by atoms with E-state index >= 15 is 0 Å². The minimum absolute atomic E-state index is 0.123. The van der Waals surface area contributed by atoms with Gasteiger partial charge in [0, 0.05) is 5.02 Å². The Morgan fingerprint density at radius 3 is 2.50 bits per heavy atom. The van der Waals surface area contributed by atoms with Crippen molar-refractivity contribution >= 4 is 44.9 Å². The van der Waals surface area contributed by atoms with Crippen molar-refractivity contribution in [1.29, 1.82) is 0 Å². The Kier molecular flexibility index (Phi) is 4.38. The van der Waals surface area contributed by atoms with Crippen LogP contribution in [0.3, 0.4) is 0 Å². The molecule has 1 aromatic heterocycles. The Balaban J connectivity index is 2.50. The second kappa shape index (κ2) is 5.58. The van der Waals surface area contributed by atoms with Gasteiger partial charge < -0.3 is 5.73 Å². The third kappa shape index (κ3) is 3.30. The van der Waals surface area contributed by atoms with Crippen LogP contribution in [0.4, 0.5) is 5.82 Å². The molecule has 0 spiro atoms. The molecule has 2 aromatic rings. The Labute approximate surface area is 137 Å². The van der Waals surface area contributed by atoms with Gasteiger partial charge in [-0.3, -0.25) is 0 Å². The van der Waals surface area contributed by atoms with Crippen LogP contribution in [-0.2, 0) is 6.42 Å². The number of halogens is 3. The second-order valence-corrected chi connectivity index (χ2v) is 7.53. The largest absolute Gasteiger partial charge is 0.383 e. The zero-order valence-corrected chi connectivity index (χ0v) is 14.6. The first-order valence-corrected chi connectivity index (χ1v) is 7.72. The third-order valence-corrected chi connectivity index (χ3v) is 4.16. The molecule has 0 saturated carbocycles. The zero-order valence-electron chi connectivity index (χ0n) is 11.5. The molecule has 0 aliphatic rings. The molecule has 0 unspecified atom stereocenters. The zero-order chi connectivity index (χ0) is 15.1. The quantitative estimate of drug-likeness (QED) is 0.790. The number of benzene rings is 1. The third-order valence-electron chi connectivity index (χ3n) is 2.76. The number of aromatic nitrogens is 2. The molecule has 20 heavy (non-hydrogen) atoms. The summed E-state index contributed by atoms with van der Waals surface area (Å²) in [6, 6.07) is 5.25. The first kappa shape index (κ1) is 15.7. The molecule has 0 amide bonds. The summed E-state index contributed by atoms with van der Waals surface area (Å²) in [5.41, 5.74) is 7.88. The van der Waals surface area contributed by atoms with E-state index in [1.807, 2.05) is 0 Å².